The van der Waals surface area contributed by atoms with Gasteiger partial charge in [-0.25, -0.2) is 8.42 Å². The molecular formula is C20H16ClN3O4S2. The van der Waals surface area contributed by atoms with Crippen molar-refractivity contribution in [2.75, 3.05) is 11.8 Å². The SMILES string of the molecule is COc1ccc(C)cc1NS(=O)(=O)c1cc(-c2nc(-c3ccc(Cl)cc3)no2)cs1. The number of anilines is 1. The van der Waals surface area contributed by atoms with Crippen LogP contribution in [0.1, 0.15) is 5.56 Å². The van der Waals surface area contributed by atoms with Crippen molar-refractivity contribution >= 4 is 38.6 Å². The van der Waals surface area contributed by atoms with Crippen LogP contribution >= 0.6 is 22.9 Å². The molecule has 0 aliphatic rings. The zero-order chi connectivity index (χ0) is 21.3. The highest BCUT2D eigenvalue weighted by Gasteiger charge is 2.21. The normalized spacial score (nSPS) is 11.4. The van der Waals surface area contributed by atoms with Crippen LogP contribution in [0.2, 0.25) is 5.02 Å². The first-order chi connectivity index (χ1) is 14.4. The van der Waals surface area contributed by atoms with Gasteiger partial charge in [0.1, 0.15) is 9.96 Å². The first-order valence-electron chi connectivity index (χ1n) is 8.72. The lowest BCUT2D eigenvalue weighted by Gasteiger charge is -2.11. The van der Waals surface area contributed by atoms with E-state index in [0.717, 1.165) is 22.5 Å². The Hall–Kier alpha value is -2.88. The maximum absolute atomic E-state index is 12.8. The first-order valence-corrected chi connectivity index (χ1v) is 11.5. The number of thiophene rings is 1. The monoisotopic (exact) mass is 461 g/mol. The fourth-order valence-corrected chi connectivity index (χ4v) is 5.06. The number of hydrogen-bond acceptors (Lipinski definition) is 7. The summed E-state index contributed by atoms with van der Waals surface area (Å²) in [5, 5.41) is 6.22. The molecule has 0 bridgehead atoms. The minimum atomic E-state index is -3.82. The van der Waals surface area contributed by atoms with Gasteiger partial charge in [-0.05, 0) is 55.0 Å². The Labute approximate surface area is 182 Å². The summed E-state index contributed by atoms with van der Waals surface area (Å²) in [6.07, 6.45) is 0. The highest BCUT2D eigenvalue weighted by Crippen LogP contribution is 2.32. The van der Waals surface area contributed by atoms with E-state index >= 15 is 0 Å². The minimum absolute atomic E-state index is 0.118. The van der Waals surface area contributed by atoms with Gasteiger partial charge in [-0.3, -0.25) is 4.72 Å². The zero-order valence-corrected chi connectivity index (χ0v) is 18.3. The maximum Gasteiger partial charge on any atom is 0.271 e. The Bertz CT molecular complexity index is 1300. The summed E-state index contributed by atoms with van der Waals surface area (Å²) in [6.45, 7) is 1.87. The molecular weight excluding hydrogens is 446 g/mol. The number of nitrogens with one attached hydrogen (secondary N) is 1. The van der Waals surface area contributed by atoms with Crippen LogP contribution in [0.5, 0.6) is 5.75 Å². The molecule has 0 aliphatic carbocycles. The number of hydrogen-bond donors (Lipinski definition) is 1. The van der Waals surface area contributed by atoms with Crippen molar-refractivity contribution in [1.82, 2.24) is 10.1 Å². The molecule has 0 amide bonds. The molecule has 0 unspecified atom stereocenters. The van der Waals surface area contributed by atoms with Gasteiger partial charge in [0.2, 0.25) is 5.82 Å². The van der Waals surface area contributed by atoms with Crippen molar-refractivity contribution < 1.29 is 17.7 Å². The predicted molar refractivity (Wildman–Crippen MR) is 117 cm³/mol. The number of benzene rings is 2. The Morgan fingerprint density at radius 1 is 1.10 bits per heavy atom. The Morgan fingerprint density at radius 3 is 2.60 bits per heavy atom. The molecule has 154 valence electrons. The van der Waals surface area contributed by atoms with Gasteiger partial charge in [0.05, 0.1) is 18.4 Å². The minimum Gasteiger partial charge on any atom is -0.495 e. The first kappa shape index (κ1) is 20.4. The summed E-state index contributed by atoms with van der Waals surface area (Å²) in [5.74, 6) is 1.05. The van der Waals surface area contributed by atoms with Crippen molar-refractivity contribution in [2.45, 2.75) is 11.1 Å². The third-order valence-corrected chi connectivity index (χ3v) is 7.27. The molecule has 7 nitrogen and oxygen atoms in total. The molecule has 0 saturated carbocycles. The molecule has 2 aromatic heterocycles. The van der Waals surface area contributed by atoms with Gasteiger partial charge in [0.15, 0.2) is 0 Å². The van der Waals surface area contributed by atoms with E-state index in [2.05, 4.69) is 14.9 Å². The molecule has 0 saturated heterocycles. The van der Waals surface area contributed by atoms with Gasteiger partial charge in [0, 0.05) is 16.0 Å². The van der Waals surface area contributed by atoms with E-state index in [1.165, 1.54) is 13.2 Å². The van der Waals surface area contributed by atoms with Crippen LogP contribution in [0.4, 0.5) is 5.69 Å². The van der Waals surface area contributed by atoms with Gasteiger partial charge in [-0.2, -0.15) is 4.98 Å². The second-order valence-electron chi connectivity index (χ2n) is 6.39. The van der Waals surface area contributed by atoms with E-state index in [0.29, 0.717) is 27.8 Å². The Balaban J connectivity index is 1.60. The molecule has 10 heteroatoms. The number of sulfonamides is 1. The molecule has 1 N–H and O–H groups in total. The highest BCUT2D eigenvalue weighted by molar-refractivity contribution is 7.94. The number of methoxy groups -OCH3 is 1. The van der Waals surface area contributed by atoms with Crippen molar-refractivity contribution in [2.24, 2.45) is 0 Å². The van der Waals surface area contributed by atoms with E-state index in [1.54, 1.807) is 41.8 Å². The fourth-order valence-electron chi connectivity index (χ4n) is 2.72. The molecule has 0 atom stereocenters. The third kappa shape index (κ3) is 4.18. The lowest BCUT2D eigenvalue weighted by molar-refractivity contribution is 0.417. The molecule has 2 aromatic carbocycles. The summed E-state index contributed by atoms with van der Waals surface area (Å²) in [7, 11) is -2.33. The van der Waals surface area contributed by atoms with Gasteiger partial charge in [-0.1, -0.05) is 22.8 Å². The molecule has 4 aromatic rings. The van der Waals surface area contributed by atoms with E-state index < -0.39 is 10.0 Å². The van der Waals surface area contributed by atoms with Crippen LogP contribution < -0.4 is 9.46 Å². The van der Waals surface area contributed by atoms with E-state index in [4.69, 9.17) is 20.9 Å². The van der Waals surface area contributed by atoms with Crippen molar-refractivity contribution in [3.05, 3.63) is 64.5 Å². The standard InChI is InChI=1S/C20H16ClN3O4S2/c1-12-3-8-17(27-2)16(9-12)24-30(25,26)18-10-14(11-29-18)20-22-19(23-28-20)13-4-6-15(21)7-5-13/h3-11,24H,1-2H3. The van der Waals surface area contributed by atoms with Crippen molar-refractivity contribution in [3.63, 3.8) is 0 Å². The second kappa shape index (κ2) is 8.10. The van der Waals surface area contributed by atoms with Crippen LogP contribution in [0, 0.1) is 6.92 Å². The van der Waals surface area contributed by atoms with E-state index in [1.807, 2.05) is 13.0 Å². The highest BCUT2D eigenvalue weighted by atomic mass is 35.5. The lowest BCUT2D eigenvalue weighted by Crippen LogP contribution is -2.12. The molecule has 2 heterocycles. The molecule has 4 rings (SSSR count). The molecule has 0 fully saturated rings. The van der Waals surface area contributed by atoms with Crippen molar-refractivity contribution in [3.8, 4) is 28.6 Å². The van der Waals surface area contributed by atoms with Gasteiger partial charge in [0.25, 0.3) is 15.9 Å². The van der Waals surface area contributed by atoms with E-state index in [9.17, 15) is 8.42 Å². The van der Waals surface area contributed by atoms with Crippen LogP contribution in [0.15, 0.2) is 62.6 Å². The fraction of sp³-hybridized carbons (Fsp3) is 0.100. The lowest BCUT2D eigenvalue weighted by atomic mass is 10.2. The average Bonchev–Trinajstić information content (AvgIpc) is 3.38. The van der Waals surface area contributed by atoms with E-state index in [-0.39, 0.29) is 10.1 Å². The average molecular weight is 462 g/mol. The van der Waals surface area contributed by atoms with Gasteiger partial charge >= 0.3 is 0 Å². The summed E-state index contributed by atoms with van der Waals surface area (Å²) in [5.41, 5.74) is 2.53. The summed E-state index contributed by atoms with van der Waals surface area (Å²) >= 11 is 6.96. The molecule has 0 spiro atoms. The quantitative estimate of drug-likeness (QED) is 0.422. The maximum atomic E-state index is 12.8. The van der Waals surface area contributed by atoms with Crippen LogP contribution in [-0.4, -0.2) is 25.7 Å². The molecule has 0 radical (unpaired) electrons. The Morgan fingerprint density at radius 2 is 1.87 bits per heavy atom. The van der Waals surface area contributed by atoms with Crippen LogP contribution in [0.25, 0.3) is 22.8 Å². The van der Waals surface area contributed by atoms with Crippen LogP contribution in [0.3, 0.4) is 0 Å². The third-order valence-electron chi connectivity index (χ3n) is 4.21. The largest absolute Gasteiger partial charge is 0.495 e. The number of rotatable bonds is 6. The number of aromatic nitrogens is 2. The summed E-state index contributed by atoms with van der Waals surface area (Å²) in [6, 6.07) is 13.8. The molecule has 30 heavy (non-hydrogen) atoms. The zero-order valence-electron chi connectivity index (χ0n) is 15.9. The topological polar surface area (TPSA) is 94.3 Å². The number of aryl methyl sites for hydroxylation is 1. The predicted octanol–water partition coefficient (Wildman–Crippen LogP) is 5.24. The molecule has 0 aliphatic heterocycles. The Kier molecular flexibility index (Phi) is 5.50. The second-order valence-corrected chi connectivity index (χ2v) is 9.65. The van der Waals surface area contributed by atoms with Crippen LogP contribution in [-0.2, 0) is 10.0 Å². The number of halogens is 1. The summed E-state index contributed by atoms with van der Waals surface area (Å²) in [4.78, 5) is 4.35. The van der Waals surface area contributed by atoms with Crippen molar-refractivity contribution in [1.29, 1.82) is 0 Å². The summed E-state index contributed by atoms with van der Waals surface area (Å²) < 4.78 is 38.9. The van der Waals surface area contributed by atoms with Gasteiger partial charge < -0.3 is 9.26 Å². The number of nitrogens with zero attached hydrogens (tertiary/aromatic N) is 2. The number of ether oxygens (including phenoxy) is 1. The van der Waals surface area contributed by atoms with Gasteiger partial charge in [-0.15, -0.1) is 11.3 Å². The smallest absolute Gasteiger partial charge is 0.271 e.